The largest absolute Gasteiger partial charge is 0.492 e. The van der Waals surface area contributed by atoms with Crippen LogP contribution in [0.15, 0.2) is 45.8 Å². The summed E-state index contributed by atoms with van der Waals surface area (Å²) in [4.78, 5) is 11.8. The van der Waals surface area contributed by atoms with Crippen molar-refractivity contribution >= 4 is 15.9 Å². The van der Waals surface area contributed by atoms with E-state index in [2.05, 4.69) is 21.0 Å². The highest BCUT2D eigenvalue weighted by atomic mass is 79.9. The van der Waals surface area contributed by atoms with Gasteiger partial charge in [-0.05, 0) is 24.3 Å². The van der Waals surface area contributed by atoms with E-state index in [0.717, 1.165) is 10.2 Å². The molecule has 0 amide bonds. The molecule has 0 aliphatic heterocycles. The minimum atomic E-state index is -0.232. The Morgan fingerprint density at radius 2 is 1.86 bits per heavy atom. The van der Waals surface area contributed by atoms with Crippen LogP contribution in [0.25, 0.3) is 0 Å². The molecule has 2 rings (SSSR count). The second kappa shape index (κ2) is 7.80. The summed E-state index contributed by atoms with van der Waals surface area (Å²) in [6.45, 7) is 1.48. The Hall–Kier alpha value is -1.86. The minimum absolute atomic E-state index is 0.232. The van der Waals surface area contributed by atoms with Crippen molar-refractivity contribution in [2.24, 2.45) is 5.73 Å². The number of aromatic nitrogens is 2. The van der Waals surface area contributed by atoms with E-state index in [1.165, 1.54) is 16.9 Å². The van der Waals surface area contributed by atoms with Gasteiger partial charge in [-0.1, -0.05) is 15.9 Å². The van der Waals surface area contributed by atoms with E-state index in [9.17, 15) is 4.79 Å². The molecule has 1 aromatic carbocycles. The number of nitrogens with zero attached hydrogens (tertiary/aromatic N) is 2. The zero-order valence-corrected chi connectivity index (χ0v) is 13.0. The fourth-order valence-corrected chi connectivity index (χ4v) is 1.89. The van der Waals surface area contributed by atoms with Gasteiger partial charge in [0.1, 0.15) is 24.7 Å². The molecule has 7 heteroatoms. The molecule has 0 atom stereocenters. The van der Waals surface area contributed by atoms with Gasteiger partial charge in [-0.2, -0.15) is 5.10 Å². The Balaban J connectivity index is 1.88. The number of nitrogens with two attached hydrogens (primary N) is 1. The quantitative estimate of drug-likeness (QED) is 0.814. The lowest BCUT2D eigenvalue weighted by Gasteiger charge is -2.08. The number of halogens is 1. The molecule has 6 nitrogen and oxygen atoms in total. The number of hydrogen-bond donors (Lipinski definition) is 1. The van der Waals surface area contributed by atoms with Crippen molar-refractivity contribution in [3.8, 4) is 11.5 Å². The number of benzene rings is 1. The van der Waals surface area contributed by atoms with Crippen molar-refractivity contribution in [2.45, 2.75) is 6.54 Å². The maximum Gasteiger partial charge on any atom is 0.270 e. The molecular formula is C14H16BrN3O3. The van der Waals surface area contributed by atoms with Crippen LogP contribution < -0.4 is 20.8 Å². The van der Waals surface area contributed by atoms with Crippen molar-refractivity contribution in [1.29, 1.82) is 0 Å². The highest BCUT2D eigenvalue weighted by Crippen LogP contribution is 2.15. The highest BCUT2D eigenvalue weighted by Gasteiger charge is 2.01. The van der Waals surface area contributed by atoms with Crippen LogP contribution in [0.1, 0.15) is 0 Å². The van der Waals surface area contributed by atoms with Gasteiger partial charge >= 0.3 is 0 Å². The second-order valence-corrected chi connectivity index (χ2v) is 5.11. The maximum absolute atomic E-state index is 11.8. The molecule has 0 spiro atoms. The molecule has 0 radical (unpaired) electrons. The molecule has 2 aromatic rings. The molecule has 1 heterocycles. The van der Waals surface area contributed by atoms with Crippen molar-refractivity contribution in [1.82, 2.24) is 9.78 Å². The van der Waals surface area contributed by atoms with Crippen LogP contribution in [0.3, 0.4) is 0 Å². The number of rotatable bonds is 7. The first-order chi connectivity index (χ1) is 10.2. The van der Waals surface area contributed by atoms with Crippen LogP contribution in [-0.2, 0) is 6.54 Å². The monoisotopic (exact) mass is 353 g/mol. The lowest BCUT2D eigenvalue weighted by atomic mass is 10.3. The van der Waals surface area contributed by atoms with E-state index < -0.39 is 0 Å². The molecule has 1 aromatic heterocycles. The molecule has 0 aliphatic rings. The predicted octanol–water partition coefficient (Wildman–Crippen LogP) is 1.42. The fourth-order valence-electron chi connectivity index (χ4n) is 1.62. The smallest absolute Gasteiger partial charge is 0.270 e. The number of hydrogen-bond acceptors (Lipinski definition) is 5. The van der Waals surface area contributed by atoms with Crippen LogP contribution in [0.4, 0.5) is 0 Å². The Labute approximate surface area is 130 Å². The van der Waals surface area contributed by atoms with E-state index >= 15 is 0 Å². The molecule has 0 bridgehead atoms. The van der Waals surface area contributed by atoms with Crippen LogP contribution in [-0.4, -0.2) is 29.5 Å². The Morgan fingerprint density at radius 1 is 1.14 bits per heavy atom. The topological polar surface area (TPSA) is 79.4 Å². The lowest BCUT2D eigenvalue weighted by molar-refractivity contribution is 0.284. The molecule has 2 N–H and O–H groups in total. The van der Waals surface area contributed by atoms with Gasteiger partial charge in [0.15, 0.2) is 0 Å². The molecule has 0 saturated carbocycles. The zero-order chi connectivity index (χ0) is 15.1. The molecule has 0 aliphatic carbocycles. The van der Waals surface area contributed by atoms with Gasteiger partial charge in [-0.3, -0.25) is 4.79 Å². The van der Waals surface area contributed by atoms with E-state index in [1.54, 1.807) is 0 Å². The first-order valence-electron chi connectivity index (χ1n) is 6.47. The highest BCUT2D eigenvalue weighted by molar-refractivity contribution is 9.10. The average Bonchev–Trinajstić information content (AvgIpc) is 2.49. The van der Waals surface area contributed by atoms with Gasteiger partial charge in [0, 0.05) is 17.1 Å². The van der Waals surface area contributed by atoms with Crippen molar-refractivity contribution in [3.05, 3.63) is 51.4 Å². The first-order valence-corrected chi connectivity index (χ1v) is 7.27. The third kappa shape index (κ3) is 4.87. The maximum atomic E-state index is 11.8. The third-order valence-corrected chi connectivity index (χ3v) is 3.15. The van der Waals surface area contributed by atoms with Gasteiger partial charge in [-0.15, -0.1) is 0 Å². The summed E-state index contributed by atoms with van der Waals surface area (Å²) >= 11 is 3.35. The summed E-state index contributed by atoms with van der Waals surface area (Å²) < 4.78 is 13.1. The molecule has 0 fully saturated rings. The van der Waals surface area contributed by atoms with E-state index in [-0.39, 0.29) is 5.56 Å². The Bertz CT molecular complexity index is 628. The average molecular weight is 354 g/mol. The summed E-state index contributed by atoms with van der Waals surface area (Å²) in [6.07, 6.45) is 1.50. The second-order valence-electron chi connectivity index (χ2n) is 4.19. The Morgan fingerprint density at radius 3 is 2.52 bits per heavy atom. The SMILES string of the molecule is NCCOc1cnn(CCOc2ccc(Br)cc2)c(=O)c1. The van der Waals surface area contributed by atoms with Gasteiger partial charge in [0.05, 0.1) is 12.7 Å². The first kappa shape index (κ1) is 15.5. The van der Waals surface area contributed by atoms with Gasteiger partial charge < -0.3 is 15.2 Å². The molecule has 112 valence electrons. The van der Waals surface area contributed by atoms with Crippen LogP contribution >= 0.6 is 15.9 Å². The number of ether oxygens (including phenoxy) is 2. The van der Waals surface area contributed by atoms with E-state index in [4.69, 9.17) is 15.2 Å². The summed E-state index contributed by atoms with van der Waals surface area (Å²) in [5.41, 5.74) is 5.09. The third-order valence-electron chi connectivity index (χ3n) is 2.62. The predicted molar refractivity (Wildman–Crippen MR) is 82.7 cm³/mol. The summed E-state index contributed by atoms with van der Waals surface area (Å²) in [7, 11) is 0. The van der Waals surface area contributed by atoms with Crippen LogP contribution in [0, 0.1) is 0 Å². The minimum Gasteiger partial charge on any atom is -0.492 e. The van der Waals surface area contributed by atoms with E-state index in [1.807, 2.05) is 24.3 Å². The standard InChI is InChI=1S/C14H16BrN3O3/c15-11-1-3-12(4-2-11)21-8-6-18-14(19)9-13(10-17-18)20-7-5-16/h1-4,9-10H,5-8,16H2. The molecule has 0 saturated heterocycles. The fraction of sp³-hybridized carbons (Fsp3) is 0.286. The van der Waals surface area contributed by atoms with Crippen molar-refractivity contribution < 1.29 is 9.47 Å². The lowest BCUT2D eigenvalue weighted by Crippen LogP contribution is -2.25. The molecular weight excluding hydrogens is 338 g/mol. The van der Waals surface area contributed by atoms with Gasteiger partial charge in [-0.25, -0.2) is 4.68 Å². The van der Waals surface area contributed by atoms with Gasteiger partial charge in [0.2, 0.25) is 0 Å². The van der Waals surface area contributed by atoms with Crippen LogP contribution in [0.5, 0.6) is 11.5 Å². The summed E-state index contributed by atoms with van der Waals surface area (Å²) in [5, 5.41) is 4.03. The van der Waals surface area contributed by atoms with Crippen LogP contribution in [0.2, 0.25) is 0 Å². The van der Waals surface area contributed by atoms with Crippen molar-refractivity contribution in [3.63, 3.8) is 0 Å². The zero-order valence-electron chi connectivity index (χ0n) is 11.4. The summed E-state index contributed by atoms with van der Waals surface area (Å²) in [6, 6.07) is 8.88. The Kier molecular flexibility index (Phi) is 5.77. The van der Waals surface area contributed by atoms with Crippen molar-refractivity contribution in [2.75, 3.05) is 19.8 Å². The van der Waals surface area contributed by atoms with E-state index in [0.29, 0.717) is 32.1 Å². The molecule has 21 heavy (non-hydrogen) atoms. The summed E-state index contributed by atoms with van der Waals surface area (Å²) in [5.74, 6) is 1.17. The van der Waals surface area contributed by atoms with Gasteiger partial charge in [0.25, 0.3) is 5.56 Å². The molecule has 0 unspecified atom stereocenters. The normalized spacial score (nSPS) is 10.4.